The van der Waals surface area contributed by atoms with Crippen LogP contribution in [0.4, 0.5) is 0 Å². The van der Waals surface area contributed by atoms with Gasteiger partial charge in [-0.05, 0) is 13.3 Å². The summed E-state index contributed by atoms with van der Waals surface area (Å²) in [4.78, 5) is 22.9. The summed E-state index contributed by atoms with van der Waals surface area (Å²) in [5, 5.41) is 8.90. The van der Waals surface area contributed by atoms with E-state index in [2.05, 4.69) is 0 Å². The molecule has 1 unspecified atom stereocenters. The zero-order chi connectivity index (χ0) is 10.4. The number of likely N-dealkylation sites (N-methyl/N-ethyl adjacent to an activating group) is 1. The van der Waals surface area contributed by atoms with Crippen LogP contribution in [0, 0.1) is 0 Å². The minimum atomic E-state index is -0.534. The third-order valence-electron chi connectivity index (χ3n) is 1.59. The molecule has 0 heterocycles. The van der Waals surface area contributed by atoms with Gasteiger partial charge in [-0.1, -0.05) is 0 Å². The van der Waals surface area contributed by atoms with Gasteiger partial charge in [-0.2, -0.15) is 0 Å². The first-order valence-corrected chi connectivity index (χ1v) is 4.13. The highest BCUT2D eigenvalue weighted by Crippen LogP contribution is 1.99. The van der Waals surface area contributed by atoms with Crippen molar-refractivity contribution in [1.29, 1.82) is 0 Å². The molecule has 0 aliphatic rings. The van der Waals surface area contributed by atoms with Gasteiger partial charge in [0, 0.05) is 13.5 Å². The topological polar surface area (TPSA) is 83.6 Å². The SMILES string of the molecule is CC(O)CCC(=O)N(C)CC(N)=O. The Morgan fingerprint density at radius 2 is 2.08 bits per heavy atom. The van der Waals surface area contributed by atoms with Crippen molar-refractivity contribution in [3.8, 4) is 0 Å². The van der Waals surface area contributed by atoms with E-state index >= 15 is 0 Å². The Kier molecular flexibility index (Phi) is 5.06. The monoisotopic (exact) mass is 188 g/mol. The maximum Gasteiger partial charge on any atom is 0.237 e. The standard InChI is InChI=1S/C8H16N2O3/c1-6(11)3-4-8(13)10(2)5-7(9)12/h6,11H,3-5H2,1-2H3,(H2,9,12). The van der Waals surface area contributed by atoms with Gasteiger partial charge in [0.15, 0.2) is 0 Å². The first kappa shape index (κ1) is 11.9. The van der Waals surface area contributed by atoms with E-state index < -0.39 is 12.0 Å². The molecule has 2 amide bonds. The van der Waals surface area contributed by atoms with E-state index in [4.69, 9.17) is 10.8 Å². The van der Waals surface area contributed by atoms with Crippen molar-refractivity contribution in [3.63, 3.8) is 0 Å². The molecule has 0 spiro atoms. The molecule has 0 bridgehead atoms. The molecule has 5 nitrogen and oxygen atoms in total. The lowest BCUT2D eigenvalue weighted by molar-refractivity contribution is -0.134. The molecule has 0 saturated carbocycles. The van der Waals surface area contributed by atoms with Gasteiger partial charge in [-0.3, -0.25) is 9.59 Å². The highest BCUT2D eigenvalue weighted by molar-refractivity contribution is 5.83. The van der Waals surface area contributed by atoms with Crippen LogP contribution in [-0.2, 0) is 9.59 Å². The molecule has 0 aliphatic carbocycles. The van der Waals surface area contributed by atoms with E-state index in [1.807, 2.05) is 0 Å². The second-order valence-corrected chi connectivity index (χ2v) is 3.10. The number of primary amides is 1. The van der Waals surface area contributed by atoms with Crippen LogP contribution in [0.3, 0.4) is 0 Å². The van der Waals surface area contributed by atoms with E-state index in [0.717, 1.165) is 0 Å². The third kappa shape index (κ3) is 6.10. The highest BCUT2D eigenvalue weighted by Gasteiger charge is 2.11. The lowest BCUT2D eigenvalue weighted by Crippen LogP contribution is -2.35. The number of hydrogen-bond donors (Lipinski definition) is 2. The number of carbonyl (C=O) groups is 2. The van der Waals surface area contributed by atoms with Crippen molar-refractivity contribution in [2.75, 3.05) is 13.6 Å². The fourth-order valence-corrected chi connectivity index (χ4v) is 0.845. The Labute approximate surface area is 77.5 Å². The van der Waals surface area contributed by atoms with Gasteiger partial charge in [0.05, 0.1) is 12.6 Å². The van der Waals surface area contributed by atoms with Crippen molar-refractivity contribution in [3.05, 3.63) is 0 Å². The minimum absolute atomic E-state index is 0.0708. The molecule has 0 rings (SSSR count). The summed E-state index contributed by atoms with van der Waals surface area (Å²) in [6.07, 6.45) is 0.148. The molecule has 0 fully saturated rings. The summed E-state index contributed by atoms with van der Waals surface area (Å²) < 4.78 is 0. The van der Waals surface area contributed by atoms with Crippen LogP contribution in [0.1, 0.15) is 19.8 Å². The van der Waals surface area contributed by atoms with Crippen LogP contribution in [0.2, 0.25) is 0 Å². The van der Waals surface area contributed by atoms with Crippen molar-refractivity contribution < 1.29 is 14.7 Å². The van der Waals surface area contributed by atoms with E-state index in [-0.39, 0.29) is 18.9 Å². The zero-order valence-electron chi connectivity index (χ0n) is 7.99. The number of hydrogen-bond acceptors (Lipinski definition) is 3. The molecule has 0 aromatic carbocycles. The number of aliphatic hydroxyl groups excluding tert-OH is 1. The Morgan fingerprint density at radius 3 is 2.46 bits per heavy atom. The van der Waals surface area contributed by atoms with Gasteiger partial charge in [0.25, 0.3) is 0 Å². The maximum absolute atomic E-state index is 11.2. The largest absolute Gasteiger partial charge is 0.393 e. The minimum Gasteiger partial charge on any atom is -0.393 e. The molecule has 5 heteroatoms. The van der Waals surface area contributed by atoms with Crippen LogP contribution in [-0.4, -0.2) is 41.5 Å². The van der Waals surface area contributed by atoms with Crippen LogP contribution in [0.5, 0.6) is 0 Å². The van der Waals surface area contributed by atoms with E-state index in [1.165, 1.54) is 11.9 Å². The summed E-state index contributed by atoms with van der Waals surface area (Å²) in [5.74, 6) is -0.715. The first-order valence-electron chi connectivity index (χ1n) is 4.13. The van der Waals surface area contributed by atoms with Crippen LogP contribution in [0.25, 0.3) is 0 Å². The fourth-order valence-electron chi connectivity index (χ4n) is 0.845. The van der Waals surface area contributed by atoms with Crippen molar-refractivity contribution >= 4 is 11.8 Å². The Morgan fingerprint density at radius 1 is 1.54 bits per heavy atom. The predicted molar refractivity (Wildman–Crippen MR) is 47.7 cm³/mol. The van der Waals surface area contributed by atoms with Gasteiger partial charge in [0.1, 0.15) is 0 Å². The fraction of sp³-hybridized carbons (Fsp3) is 0.750. The number of nitrogens with two attached hydrogens (primary N) is 1. The van der Waals surface area contributed by atoms with E-state index in [0.29, 0.717) is 6.42 Å². The summed E-state index contributed by atoms with van der Waals surface area (Å²) in [6, 6.07) is 0. The Hall–Kier alpha value is -1.10. The molecule has 1 atom stereocenters. The van der Waals surface area contributed by atoms with Crippen molar-refractivity contribution in [1.82, 2.24) is 4.90 Å². The summed E-state index contributed by atoms with van der Waals surface area (Å²) >= 11 is 0. The third-order valence-corrected chi connectivity index (χ3v) is 1.59. The lowest BCUT2D eigenvalue weighted by Gasteiger charge is -2.15. The first-order chi connectivity index (χ1) is 5.93. The zero-order valence-corrected chi connectivity index (χ0v) is 7.99. The van der Waals surface area contributed by atoms with Gasteiger partial charge in [0.2, 0.25) is 11.8 Å². The van der Waals surface area contributed by atoms with Gasteiger partial charge in [-0.25, -0.2) is 0 Å². The van der Waals surface area contributed by atoms with Crippen LogP contribution < -0.4 is 5.73 Å². The van der Waals surface area contributed by atoms with Gasteiger partial charge < -0.3 is 15.7 Å². The number of aliphatic hydroxyl groups is 1. The number of rotatable bonds is 5. The molecule has 0 radical (unpaired) electrons. The number of nitrogens with zero attached hydrogens (tertiary/aromatic N) is 1. The smallest absolute Gasteiger partial charge is 0.237 e. The lowest BCUT2D eigenvalue weighted by atomic mass is 10.2. The molecular weight excluding hydrogens is 172 g/mol. The number of amides is 2. The predicted octanol–water partition coefficient (Wildman–Crippen LogP) is -0.909. The van der Waals surface area contributed by atoms with Gasteiger partial charge in [-0.15, -0.1) is 0 Å². The molecule has 0 saturated heterocycles. The average molecular weight is 188 g/mol. The van der Waals surface area contributed by atoms with E-state index in [1.54, 1.807) is 6.92 Å². The van der Waals surface area contributed by atoms with Crippen molar-refractivity contribution in [2.24, 2.45) is 5.73 Å². The summed E-state index contributed by atoms with van der Waals surface area (Å²) in [5.41, 5.74) is 4.90. The second-order valence-electron chi connectivity index (χ2n) is 3.10. The second kappa shape index (κ2) is 5.53. The molecule has 0 aliphatic heterocycles. The Balaban J connectivity index is 3.76. The van der Waals surface area contributed by atoms with Crippen LogP contribution in [0.15, 0.2) is 0 Å². The molecule has 3 N–H and O–H groups in total. The summed E-state index contributed by atoms with van der Waals surface area (Å²) in [7, 11) is 1.51. The average Bonchev–Trinajstić information content (AvgIpc) is 1.98. The summed E-state index contributed by atoms with van der Waals surface area (Å²) in [6.45, 7) is 1.54. The molecule has 0 aromatic rings. The Bertz CT molecular complexity index is 192. The number of carbonyl (C=O) groups excluding carboxylic acids is 2. The normalized spacial score (nSPS) is 12.2. The molecule has 13 heavy (non-hydrogen) atoms. The highest BCUT2D eigenvalue weighted by atomic mass is 16.3. The van der Waals surface area contributed by atoms with Gasteiger partial charge >= 0.3 is 0 Å². The van der Waals surface area contributed by atoms with E-state index in [9.17, 15) is 9.59 Å². The maximum atomic E-state index is 11.2. The quantitative estimate of drug-likeness (QED) is 0.586. The molecule has 0 aromatic heterocycles. The molecular formula is C8H16N2O3. The van der Waals surface area contributed by atoms with Crippen LogP contribution >= 0.6 is 0 Å². The molecule has 76 valence electrons. The van der Waals surface area contributed by atoms with Crippen molar-refractivity contribution in [2.45, 2.75) is 25.9 Å².